The zero-order valence-corrected chi connectivity index (χ0v) is 7.97. The zero-order chi connectivity index (χ0) is 8.59. The maximum atomic E-state index is 11.1. The van der Waals surface area contributed by atoms with Crippen LogP contribution in [0.5, 0.6) is 0 Å². The predicted octanol–water partition coefficient (Wildman–Crippen LogP) is 1.28. The van der Waals surface area contributed by atoms with Gasteiger partial charge in [0.05, 0.1) is 0 Å². The lowest BCUT2D eigenvalue weighted by atomic mass is 10.2. The minimum Gasteiger partial charge on any atom is -0.618 e. The molecule has 0 amide bonds. The molecule has 0 saturated carbocycles. The molecule has 0 atom stereocenters. The summed E-state index contributed by atoms with van der Waals surface area (Å²) in [6.45, 7) is 3.61. The molecular formula is C7H9BrN2O. The summed E-state index contributed by atoms with van der Waals surface area (Å²) < 4.78 is 1.16. The van der Waals surface area contributed by atoms with Crippen LogP contribution in [0, 0.1) is 19.1 Å². The normalized spacial score (nSPS) is 10.1. The van der Waals surface area contributed by atoms with Crippen LogP contribution < -0.4 is 10.5 Å². The second-order valence-corrected chi connectivity index (χ2v) is 3.22. The van der Waals surface area contributed by atoms with Crippen LogP contribution in [0.25, 0.3) is 0 Å². The van der Waals surface area contributed by atoms with Gasteiger partial charge in [-0.05, 0) is 12.5 Å². The largest absolute Gasteiger partial charge is 0.618 e. The van der Waals surface area contributed by atoms with Gasteiger partial charge in [-0.2, -0.15) is 4.73 Å². The van der Waals surface area contributed by atoms with Crippen molar-refractivity contribution in [3.8, 4) is 0 Å². The molecule has 0 unspecified atom stereocenters. The maximum absolute atomic E-state index is 11.1. The van der Waals surface area contributed by atoms with Crippen molar-refractivity contribution in [1.29, 1.82) is 0 Å². The number of hydrogen-bond acceptors (Lipinski definition) is 2. The molecule has 0 aliphatic rings. The number of rotatable bonds is 0. The van der Waals surface area contributed by atoms with Crippen LogP contribution in [0.15, 0.2) is 10.7 Å². The third-order valence-corrected chi connectivity index (χ3v) is 2.32. The fourth-order valence-corrected chi connectivity index (χ4v) is 1.47. The highest BCUT2D eigenvalue weighted by molar-refractivity contribution is 9.10. The van der Waals surface area contributed by atoms with Gasteiger partial charge in [-0.15, -0.1) is 0 Å². The van der Waals surface area contributed by atoms with Crippen molar-refractivity contribution in [1.82, 2.24) is 0 Å². The molecule has 0 saturated heterocycles. The molecule has 60 valence electrons. The third-order valence-electron chi connectivity index (χ3n) is 1.57. The van der Waals surface area contributed by atoms with Crippen molar-refractivity contribution in [3.63, 3.8) is 0 Å². The molecule has 0 fully saturated rings. The molecule has 4 heteroatoms. The van der Waals surface area contributed by atoms with Crippen molar-refractivity contribution in [2.45, 2.75) is 13.8 Å². The predicted molar refractivity (Wildman–Crippen MR) is 47.0 cm³/mol. The lowest BCUT2D eigenvalue weighted by Crippen LogP contribution is -2.32. The van der Waals surface area contributed by atoms with E-state index in [9.17, 15) is 5.21 Å². The molecule has 1 aromatic rings. The summed E-state index contributed by atoms with van der Waals surface area (Å²) >= 11 is 3.11. The Bertz CT molecular complexity index is 273. The van der Waals surface area contributed by atoms with Crippen molar-refractivity contribution in [2.24, 2.45) is 0 Å². The van der Waals surface area contributed by atoms with E-state index in [-0.39, 0.29) is 0 Å². The Morgan fingerprint density at radius 3 is 2.64 bits per heavy atom. The first-order chi connectivity index (χ1) is 5.04. The van der Waals surface area contributed by atoms with Gasteiger partial charge in [-0.1, -0.05) is 0 Å². The Labute approximate surface area is 73.5 Å². The van der Waals surface area contributed by atoms with E-state index in [0.29, 0.717) is 16.0 Å². The van der Waals surface area contributed by atoms with Crippen molar-refractivity contribution < 1.29 is 4.73 Å². The van der Waals surface area contributed by atoms with Crippen LogP contribution in [0.2, 0.25) is 0 Å². The van der Waals surface area contributed by atoms with E-state index in [2.05, 4.69) is 15.9 Å². The lowest BCUT2D eigenvalue weighted by molar-refractivity contribution is -0.623. The Morgan fingerprint density at radius 1 is 1.55 bits per heavy atom. The molecule has 1 heterocycles. The second-order valence-electron chi connectivity index (χ2n) is 2.47. The molecule has 0 aromatic carbocycles. The Morgan fingerprint density at radius 2 is 2.09 bits per heavy atom. The maximum Gasteiger partial charge on any atom is 0.282 e. The molecular weight excluding hydrogens is 208 g/mol. The smallest absolute Gasteiger partial charge is 0.282 e. The van der Waals surface area contributed by atoms with E-state index in [1.807, 2.05) is 6.92 Å². The van der Waals surface area contributed by atoms with E-state index >= 15 is 0 Å². The summed E-state index contributed by atoms with van der Waals surface area (Å²) in [7, 11) is 0. The van der Waals surface area contributed by atoms with E-state index < -0.39 is 0 Å². The highest BCUT2D eigenvalue weighted by atomic mass is 79.9. The molecule has 0 aliphatic carbocycles. The fourth-order valence-electron chi connectivity index (χ4n) is 0.877. The summed E-state index contributed by atoms with van der Waals surface area (Å²) in [5, 5.41) is 11.1. The van der Waals surface area contributed by atoms with E-state index in [4.69, 9.17) is 5.73 Å². The van der Waals surface area contributed by atoms with Gasteiger partial charge in [0, 0.05) is 28.9 Å². The van der Waals surface area contributed by atoms with Gasteiger partial charge in [0.2, 0.25) is 0 Å². The van der Waals surface area contributed by atoms with Crippen molar-refractivity contribution in [2.75, 3.05) is 5.73 Å². The van der Waals surface area contributed by atoms with Crippen LogP contribution >= 0.6 is 15.9 Å². The summed E-state index contributed by atoms with van der Waals surface area (Å²) in [5.74, 6) is 0. The molecule has 3 nitrogen and oxygen atoms in total. The van der Waals surface area contributed by atoms with Crippen LogP contribution in [-0.4, -0.2) is 0 Å². The van der Waals surface area contributed by atoms with Gasteiger partial charge in [0.1, 0.15) is 5.69 Å². The first kappa shape index (κ1) is 8.33. The Kier molecular flexibility index (Phi) is 2.04. The molecule has 1 rings (SSSR count). The summed E-state index contributed by atoms with van der Waals surface area (Å²) in [4.78, 5) is 0. The topological polar surface area (TPSA) is 53.0 Å². The lowest BCUT2D eigenvalue weighted by Gasteiger charge is -2.06. The summed E-state index contributed by atoms with van der Waals surface area (Å²) in [6, 6.07) is 1.76. The van der Waals surface area contributed by atoms with Gasteiger partial charge >= 0.3 is 0 Å². The highest BCUT2D eigenvalue weighted by Gasteiger charge is 2.11. The summed E-state index contributed by atoms with van der Waals surface area (Å²) in [6.07, 6.45) is 0. The van der Waals surface area contributed by atoms with E-state index in [1.54, 1.807) is 13.0 Å². The quantitative estimate of drug-likeness (QED) is 0.404. The summed E-state index contributed by atoms with van der Waals surface area (Å²) in [5.41, 5.74) is 7.65. The van der Waals surface area contributed by atoms with Crippen LogP contribution in [0.4, 0.5) is 5.69 Å². The number of nitrogens with two attached hydrogens (primary N) is 1. The van der Waals surface area contributed by atoms with Crippen LogP contribution in [-0.2, 0) is 0 Å². The standard InChI is InChI=1S/C7H9BrN2O/c1-4-3-5(2)10(11)7(8)6(4)9/h3H,9H2,1-2H3. The number of halogens is 1. The van der Waals surface area contributed by atoms with Crippen LogP contribution in [0.3, 0.4) is 0 Å². The minimum atomic E-state index is 0.398. The number of aryl methyl sites for hydroxylation is 2. The average molecular weight is 217 g/mol. The Balaban J connectivity index is 3.46. The van der Waals surface area contributed by atoms with E-state index in [0.717, 1.165) is 10.3 Å². The molecule has 0 radical (unpaired) electrons. The number of nitrogens with zero attached hydrogens (tertiary/aromatic N) is 1. The first-order valence-corrected chi connectivity index (χ1v) is 3.98. The molecule has 2 N–H and O–H groups in total. The van der Waals surface area contributed by atoms with Gasteiger partial charge in [-0.3, -0.25) is 0 Å². The van der Waals surface area contributed by atoms with Crippen LogP contribution in [0.1, 0.15) is 11.3 Å². The number of pyridine rings is 1. The number of aromatic nitrogens is 1. The van der Waals surface area contributed by atoms with Crippen molar-refractivity contribution >= 4 is 21.6 Å². The highest BCUT2D eigenvalue weighted by Crippen LogP contribution is 2.18. The molecule has 11 heavy (non-hydrogen) atoms. The molecule has 0 bridgehead atoms. The SMILES string of the molecule is Cc1cc(C)[n+]([O-])c(Br)c1N. The monoisotopic (exact) mass is 216 g/mol. The molecule has 0 aliphatic heterocycles. The number of nitrogen functional groups attached to an aromatic ring is 1. The number of hydrogen-bond donors (Lipinski definition) is 1. The van der Waals surface area contributed by atoms with Gasteiger partial charge < -0.3 is 10.9 Å². The Hall–Kier alpha value is -0.770. The first-order valence-electron chi connectivity index (χ1n) is 3.18. The minimum absolute atomic E-state index is 0.398. The van der Waals surface area contributed by atoms with Gasteiger partial charge in [0.25, 0.3) is 4.60 Å². The molecule has 1 aromatic heterocycles. The second kappa shape index (κ2) is 2.70. The van der Waals surface area contributed by atoms with E-state index in [1.165, 1.54) is 0 Å². The zero-order valence-electron chi connectivity index (χ0n) is 6.39. The number of anilines is 1. The van der Waals surface area contributed by atoms with Gasteiger partial charge in [0.15, 0.2) is 5.69 Å². The third kappa shape index (κ3) is 1.30. The van der Waals surface area contributed by atoms with Crippen molar-refractivity contribution in [3.05, 3.63) is 27.1 Å². The van der Waals surface area contributed by atoms with Gasteiger partial charge in [-0.25, -0.2) is 0 Å². The average Bonchev–Trinajstić information content (AvgIpc) is 1.97. The fraction of sp³-hybridized carbons (Fsp3) is 0.286. The molecule has 0 spiro atoms.